The summed E-state index contributed by atoms with van der Waals surface area (Å²) in [5.74, 6) is 0.621. The monoisotopic (exact) mass is 314 g/mol. The van der Waals surface area contributed by atoms with E-state index in [1.165, 1.54) is 10.5 Å². The second-order valence-corrected chi connectivity index (χ2v) is 6.81. The summed E-state index contributed by atoms with van der Waals surface area (Å²) >= 11 is 1.82. The van der Waals surface area contributed by atoms with Gasteiger partial charge in [-0.05, 0) is 37.1 Å². The van der Waals surface area contributed by atoms with Crippen molar-refractivity contribution >= 4 is 17.7 Å². The van der Waals surface area contributed by atoms with Gasteiger partial charge in [0.05, 0.1) is 5.54 Å². The number of benzene rings is 2. The number of carbonyl (C=O) groups is 1. The SMILES string of the molecule is CC(C)(NCc1ccc(SCc2ccccc2)cc1)C(N)=O. The van der Waals surface area contributed by atoms with E-state index in [2.05, 4.69) is 53.8 Å². The zero-order chi connectivity index (χ0) is 16.0. The van der Waals surface area contributed by atoms with E-state index >= 15 is 0 Å². The number of nitrogens with two attached hydrogens (primary N) is 1. The van der Waals surface area contributed by atoms with Crippen LogP contribution in [0.15, 0.2) is 59.5 Å². The highest BCUT2D eigenvalue weighted by atomic mass is 32.2. The summed E-state index contributed by atoms with van der Waals surface area (Å²) in [6, 6.07) is 18.8. The second-order valence-electron chi connectivity index (χ2n) is 5.76. The lowest BCUT2D eigenvalue weighted by atomic mass is 10.0. The summed E-state index contributed by atoms with van der Waals surface area (Å²) in [6.45, 7) is 4.21. The maximum atomic E-state index is 11.3. The normalized spacial score (nSPS) is 11.4. The fraction of sp³-hybridized carbons (Fsp3) is 0.278. The average Bonchev–Trinajstić information content (AvgIpc) is 2.53. The molecule has 4 heteroatoms. The molecule has 3 nitrogen and oxygen atoms in total. The molecule has 1 amide bonds. The molecule has 0 unspecified atom stereocenters. The van der Waals surface area contributed by atoms with Gasteiger partial charge < -0.3 is 5.73 Å². The summed E-state index contributed by atoms with van der Waals surface area (Å²) in [7, 11) is 0. The van der Waals surface area contributed by atoms with Gasteiger partial charge in [0, 0.05) is 17.2 Å². The topological polar surface area (TPSA) is 55.1 Å². The van der Waals surface area contributed by atoms with Gasteiger partial charge in [-0.3, -0.25) is 10.1 Å². The molecule has 0 aliphatic rings. The Labute approximate surface area is 136 Å². The van der Waals surface area contributed by atoms with E-state index in [0.29, 0.717) is 6.54 Å². The molecule has 2 aromatic rings. The standard InChI is InChI=1S/C18H22N2OS/c1-18(2,17(19)21)20-12-14-8-10-16(11-9-14)22-13-15-6-4-3-5-7-15/h3-11,20H,12-13H2,1-2H3,(H2,19,21). The van der Waals surface area contributed by atoms with Crippen molar-refractivity contribution in [1.82, 2.24) is 5.32 Å². The zero-order valence-electron chi connectivity index (χ0n) is 13.0. The fourth-order valence-corrected chi connectivity index (χ4v) is 2.71. The molecule has 116 valence electrons. The van der Waals surface area contributed by atoms with Gasteiger partial charge >= 0.3 is 0 Å². The minimum Gasteiger partial charge on any atom is -0.368 e. The molecule has 2 rings (SSSR count). The molecule has 0 saturated heterocycles. The van der Waals surface area contributed by atoms with Crippen molar-refractivity contribution in [2.24, 2.45) is 5.73 Å². The summed E-state index contributed by atoms with van der Waals surface area (Å²) in [4.78, 5) is 12.5. The van der Waals surface area contributed by atoms with E-state index in [9.17, 15) is 4.79 Å². The molecule has 0 radical (unpaired) electrons. The van der Waals surface area contributed by atoms with Gasteiger partial charge in [-0.15, -0.1) is 11.8 Å². The minimum absolute atomic E-state index is 0.345. The van der Waals surface area contributed by atoms with Crippen molar-refractivity contribution in [2.75, 3.05) is 0 Å². The smallest absolute Gasteiger partial charge is 0.237 e. The first-order valence-corrected chi connectivity index (χ1v) is 8.26. The largest absolute Gasteiger partial charge is 0.368 e. The van der Waals surface area contributed by atoms with Crippen LogP contribution in [0.2, 0.25) is 0 Å². The fourth-order valence-electron chi connectivity index (χ4n) is 1.85. The number of rotatable bonds is 7. The van der Waals surface area contributed by atoms with Crippen LogP contribution in [-0.2, 0) is 17.1 Å². The highest BCUT2D eigenvalue weighted by Crippen LogP contribution is 2.23. The van der Waals surface area contributed by atoms with Crippen LogP contribution in [0.25, 0.3) is 0 Å². The van der Waals surface area contributed by atoms with Crippen LogP contribution in [0.5, 0.6) is 0 Å². The lowest BCUT2D eigenvalue weighted by molar-refractivity contribution is -0.123. The third-order valence-corrected chi connectivity index (χ3v) is 4.61. The third kappa shape index (κ3) is 4.90. The summed E-state index contributed by atoms with van der Waals surface area (Å²) in [5, 5.41) is 3.17. The van der Waals surface area contributed by atoms with Crippen LogP contribution in [0.4, 0.5) is 0 Å². The molecule has 0 heterocycles. The molecular formula is C18H22N2OS. The Bertz CT molecular complexity index is 609. The van der Waals surface area contributed by atoms with Gasteiger partial charge in [-0.2, -0.15) is 0 Å². The molecule has 0 bridgehead atoms. The average molecular weight is 314 g/mol. The molecule has 3 N–H and O–H groups in total. The molecule has 0 aromatic heterocycles. The van der Waals surface area contributed by atoms with Crippen LogP contribution < -0.4 is 11.1 Å². The van der Waals surface area contributed by atoms with Gasteiger partial charge in [0.25, 0.3) is 0 Å². The zero-order valence-corrected chi connectivity index (χ0v) is 13.8. The van der Waals surface area contributed by atoms with E-state index in [-0.39, 0.29) is 5.91 Å². The summed E-state index contributed by atoms with van der Waals surface area (Å²) in [5.41, 5.74) is 7.11. The lowest BCUT2D eigenvalue weighted by Gasteiger charge is -2.22. The lowest BCUT2D eigenvalue weighted by Crippen LogP contribution is -2.50. The first-order chi connectivity index (χ1) is 10.5. The molecule has 0 aliphatic heterocycles. The van der Waals surface area contributed by atoms with Crippen LogP contribution in [0.3, 0.4) is 0 Å². The maximum Gasteiger partial charge on any atom is 0.237 e. The number of hydrogen-bond donors (Lipinski definition) is 2. The molecule has 0 spiro atoms. The Morgan fingerprint density at radius 1 is 1.05 bits per heavy atom. The van der Waals surface area contributed by atoms with E-state index in [4.69, 9.17) is 5.73 Å². The van der Waals surface area contributed by atoms with E-state index in [1.807, 2.05) is 17.8 Å². The van der Waals surface area contributed by atoms with Crippen LogP contribution >= 0.6 is 11.8 Å². The Kier molecular flexibility index (Phi) is 5.63. The van der Waals surface area contributed by atoms with Crippen molar-refractivity contribution in [3.63, 3.8) is 0 Å². The van der Waals surface area contributed by atoms with Crippen molar-refractivity contribution < 1.29 is 4.79 Å². The highest BCUT2D eigenvalue weighted by Gasteiger charge is 2.23. The second kappa shape index (κ2) is 7.47. The minimum atomic E-state index is -0.694. The van der Waals surface area contributed by atoms with E-state index in [0.717, 1.165) is 11.3 Å². The molecule has 0 atom stereocenters. The van der Waals surface area contributed by atoms with Crippen molar-refractivity contribution in [3.05, 3.63) is 65.7 Å². The van der Waals surface area contributed by atoms with Crippen LogP contribution in [-0.4, -0.2) is 11.4 Å². The van der Waals surface area contributed by atoms with Gasteiger partial charge in [0.15, 0.2) is 0 Å². The molecular weight excluding hydrogens is 292 g/mol. The van der Waals surface area contributed by atoms with Gasteiger partial charge in [-0.25, -0.2) is 0 Å². The van der Waals surface area contributed by atoms with E-state index in [1.54, 1.807) is 13.8 Å². The first kappa shape index (κ1) is 16.6. The molecule has 2 aromatic carbocycles. The highest BCUT2D eigenvalue weighted by molar-refractivity contribution is 7.98. The number of amides is 1. The predicted octanol–water partition coefficient (Wildman–Crippen LogP) is 3.33. The van der Waals surface area contributed by atoms with Crippen LogP contribution in [0, 0.1) is 0 Å². The quantitative estimate of drug-likeness (QED) is 0.771. The predicted molar refractivity (Wildman–Crippen MR) is 92.6 cm³/mol. The molecule has 0 aliphatic carbocycles. The first-order valence-electron chi connectivity index (χ1n) is 7.28. The van der Waals surface area contributed by atoms with Crippen molar-refractivity contribution in [2.45, 2.75) is 36.6 Å². The van der Waals surface area contributed by atoms with Crippen LogP contribution in [0.1, 0.15) is 25.0 Å². The van der Waals surface area contributed by atoms with Gasteiger partial charge in [-0.1, -0.05) is 42.5 Å². The Balaban J connectivity index is 1.86. The van der Waals surface area contributed by atoms with Crippen molar-refractivity contribution in [1.29, 1.82) is 0 Å². The number of carbonyl (C=O) groups excluding carboxylic acids is 1. The molecule has 0 fully saturated rings. The third-order valence-electron chi connectivity index (χ3n) is 3.52. The van der Waals surface area contributed by atoms with Crippen molar-refractivity contribution in [3.8, 4) is 0 Å². The number of primary amides is 1. The number of hydrogen-bond acceptors (Lipinski definition) is 3. The van der Waals surface area contributed by atoms with E-state index < -0.39 is 5.54 Å². The number of nitrogens with one attached hydrogen (secondary N) is 1. The number of thioether (sulfide) groups is 1. The Morgan fingerprint density at radius 2 is 1.68 bits per heavy atom. The van der Waals surface area contributed by atoms with Gasteiger partial charge in [0.1, 0.15) is 0 Å². The summed E-state index contributed by atoms with van der Waals surface area (Å²) in [6.07, 6.45) is 0. The molecule has 0 saturated carbocycles. The van der Waals surface area contributed by atoms with Gasteiger partial charge in [0.2, 0.25) is 5.91 Å². The maximum absolute atomic E-state index is 11.3. The summed E-state index contributed by atoms with van der Waals surface area (Å²) < 4.78 is 0. The Morgan fingerprint density at radius 3 is 2.27 bits per heavy atom. The molecule has 22 heavy (non-hydrogen) atoms. The Hall–Kier alpha value is -1.78.